The molecule has 1 fully saturated rings. The number of hydrogen-bond acceptors (Lipinski definition) is 6. The highest BCUT2D eigenvalue weighted by Crippen LogP contribution is 2.24. The average molecular weight is 613 g/mol. The summed E-state index contributed by atoms with van der Waals surface area (Å²) in [6.45, 7) is 2.80. The van der Waals surface area contributed by atoms with E-state index in [2.05, 4.69) is 11.8 Å². The number of methoxy groups -OCH3 is 1. The first-order valence-corrected chi connectivity index (χ1v) is 15.2. The predicted molar refractivity (Wildman–Crippen MR) is 179 cm³/mol. The molecule has 0 saturated carbocycles. The first kappa shape index (κ1) is 32.0. The third-order valence-corrected chi connectivity index (χ3v) is 7.25. The third-order valence-electron chi connectivity index (χ3n) is 7.25. The lowest BCUT2D eigenvalue weighted by atomic mass is 10.1. The van der Waals surface area contributed by atoms with Crippen LogP contribution in [0.1, 0.15) is 46.4 Å². The van der Waals surface area contributed by atoms with Crippen LogP contribution in [-0.2, 0) is 36.8 Å². The number of hydrogen-bond donors (Lipinski definition) is 0. The Labute approximate surface area is 269 Å². The standard InChI is InChI=1S/C32H26O5.C8H10O/c1-22-7-9-23(10-8-22)11-12-25-13-15-30-26(17-25)19-28(36-30)14-16-31(33)35-21-29-20-27(32(34)37-29)18-24-5-3-2-4-6-24;1-9-7-8-5-3-2-4-6-8/h2-10,13,15,17-19,29H,14,16,20-21H2,1H3;2-6H,7H2,1H3/b27-18+;. The van der Waals surface area contributed by atoms with Crippen molar-refractivity contribution in [1.29, 1.82) is 0 Å². The minimum Gasteiger partial charge on any atom is -0.462 e. The molecular weight excluding hydrogens is 576 g/mol. The van der Waals surface area contributed by atoms with E-state index in [1.807, 2.05) is 122 Å². The second-order valence-electron chi connectivity index (χ2n) is 11.0. The molecule has 4 aromatic carbocycles. The molecular formula is C40H36O6. The molecule has 0 radical (unpaired) electrons. The van der Waals surface area contributed by atoms with Gasteiger partial charge in [-0.15, -0.1) is 0 Å². The Morgan fingerprint density at radius 2 is 1.59 bits per heavy atom. The number of fused-ring (bicyclic) bond motifs is 1. The van der Waals surface area contributed by atoms with Gasteiger partial charge in [-0.2, -0.15) is 0 Å². The quantitative estimate of drug-likeness (QED) is 0.101. The van der Waals surface area contributed by atoms with Gasteiger partial charge in [0.2, 0.25) is 0 Å². The molecule has 2 heterocycles. The fourth-order valence-corrected chi connectivity index (χ4v) is 4.86. The number of carbonyl (C=O) groups excluding carboxylic acids is 2. The van der Waals surface area contributed by atoms with Gasteiger partial charge < -0.3 is 18.6 Å². The summed E-state index contributed by atoms with van der Waals surface area (Å²) in [5.74, 6) is 6.35. The number of benzene rings is 4. The molecule has 1 unspecified atom stereocenters. The summed E-state index contributed by atoms with van der Waals surface area (Å²) >= 11 is 0. The van der Waals surface area contributed by atoms with E-state index in [4.69, 9.17) is 18.6 Å². The Bertz CT molecular complexity index is 1840. The van der Waals surface area contributed by atoms with Crippen molar-refractivity contribution < 1.29 is 28.2 Å². The molecule has 1 saturated heterocycles. The van der Waals surface area contributed by atoms with E-state index >= 15 is 0 Å². The van der Waals surface area contributed by atoms with Crippen molar-refractivity contribution in [2.75, 3.05) is 13.7 Å². The van der Waals surface area contributed by atoms with E-state index in [1.54, 1.807) is 7.11 Å². The van der Waals surface area contributed by atoms with Gasteiger partial charge in [0.15, 0.2) is 0 Å². The Kier molecular flexibility index (Phi) is 11.2. The molecule has 232 valence electrons. The van der Waals surface area contributed by atoms with Gasteiger partial charge in [0.1, 0.15) is 24.1 Å². The maximum Gasteiger partial charge on any atom is 0.334 e. The highest BCUT2D eigenvalue weighted by molar-refractivity contribution is 5.95. The smallest absolute Gasteiger partial charge is 0.334 e. The molecule has 1 aromatic heterocycles. The lowest BCUT2D eigenvalue weighted by Gasteiger charge is -2.09. The van der Waals surface area contributed by atoms with Gasteiger partial charge in [0.25, 0.3) is 0 Å². The van der Waals surface area contributed by atoms with E-state index in [-0.39, 0.29) is 25.0 Å². The minimum atomic E-state index is -0.461. The van der Waals surface area contributed by atoms with Crippen LogP contribution in [0.2, 0.25) is 0 Å². The fraction of sp³-hybridized carbons (Fsp3) is 0.200. The Morgan fingerprint density at radius 3 is 2.33 bits per heavy atom. The number of cyclic esters (lactones) is 1. The normalized spacial score (nSPS) is 14.6. The Morgan fingerprint density at radius 1 is 0.891 bits per heavy atom. The van der Waals surface area contributed by atoms with Crippen LogP contribution in [0.3, 0.4) is 0 Å². The van der Waals surface area contributed by atoms with Crippen LogP contribution in [0, 0.1) is 18.8 Å². The van der Waals surface area contributed by atoms with Crippen LogP contribution >= 0.6 is 0 Å². The summed E-state index contributed by atoms with van der Waals surface area (Å²) in [7, 11) is 1.70. The summed E-state index contributed by atoms with van der Waals surface area (Å²) in [6, 6.07) is 35.5. The molecule has 0 amide bonds. The summed E-state index contributed by atoms with van der Waals surface area (Å²) in [5.41, 5.74) is 6.55. The SMILES string of the molecule is COCc1ccccc1.Cc1ccc(C#Cc2ccc3oc(CCC(=O)OCC4C/C(=C\c5ccccc5)C(=O)O4)cc3c2)cc1. The van der Waals surface area contributed by atoms with Gasteiger partial charge in [-0.3, -0.25) is 4.79 Å². The number of aryl methyl sites for hydroxylation is 2. The number of esters is 2. The first-order chi connectivity index (χ1) is 22.4. The molecule has 0 N–H and O–H groups in total. The van der Waals surface area contributed by atoms with Crippen molar-refractivity contribution in [1.82, 2.24) is 0 Å². The lowest BCUT2D eigenvalue weighted by molar-refractivity contribution is -0.152. The lowest BCUT2D eigenvalue weighted by Crippen LogP contribution is -2.18. The Hall–Kier alpha value is -5.38. The van der Waals surface area contributed by atoms with E-state index in [0.717, 1.165) is 27.7 Å². The second-order valence-corrected chi connectivity index (χ2v) is 11.0. The van der Waals surface area contributed by atoms with Crippen molar-refractivity contribution in [3.63, 3.8) is 0 Å². The van der Waals surface area contributed by atoms with Crippen LogP contribution in [0.4, 0.5) is 0 Å². The summed E-state index contributed by atoms with van der Waals surface area (Å²) < 4.78 is 21.5. The molecule has 1 aliphatic rings. The maximum absolute atomic E-state index is 12.3. The zero-order valence-corrected chi connectivity index (χ0v) is 26.0. The van der Waals surface area contributed by atoms with Crippen molar-refractivity contribution in [2.24, 2.45) is 0 Å². The zero-order chi connectivity index (χ0) is 32.1. The van der Waals surface area contributed by atoms with E-state index in [9.17, 15) is 9.59 Å². The second kappa shape index (κ2) is 16.1. The van der Waals surface area contributed by atoms with E-state index in [1.165, 1.54) is 11.1 Å². The van der Waals surface area contributed by atoms with Crippen LogP contribution in [0.5, 0.6) is 0 Å². The topological polar surface area (TPSA) is 75.0 Å². The Balaban J connectivity index is 0.000000400. The van der Waals surface area contributed by atoms with Crippen LogP contribution in [-0.4, -0.2) is 31.8 Å². The van der Waals surface area contributed by atoms with Gasteiger partial charge >= 0.3 is 11.9 Å². The number of carbonyl (C=O) groups is 2. The molecule has 0 spiro atoms. The summed E-state index contributed by atoms with van der Waals surface area (Å²) in [5, 5.41) is 0.940. The largest absolute Gasteiger partial charge is 0.462 e. The molecule has 1 aliphatic heterocycles. The molecule has 6 nitrogen and oxygen atoms in total. The maximum atomic E-state index is 12.3. The van der Waals surface area contributed by atoms with Gasteiger partial charge in [-0.1, -0.05) is 90.2 Å². The molecule has 5 aromatic rings. The van der Waals surface area contributed by atoms with Crippen molar-refractivity contribution in [3.05, 3.63) is 148 Å². The highest BCUT2D eigenvalue weighted by atomic mass is 16.6. The van der Waals surface area contributed by atoms with Crippen molar-refractivity contribution in [2.45, 2.75) is 38.9 Å². The monoisotopic (exact) mass is 612 g/mol. The van der Waals surface area contributed by atoms with Crippen LogP contribution in [0.25, 0.3) is 17.0 Å². The molecule has 1 atom stereocenters. The molecule has 46 heavy (non-hydrogen) atoms. The fourth-order valence-electron chi connectivity index (χ4n) is 4.86. The minimum absolute atomic E-state index is 0.0415. The third kappa shape index (κ3) is 9.56. The van der Waals surface area contributed by atoms with Crippen LogP contribution in [0.15, 0.2) is 119 Å². The molecule has 0 aliphatic carbocycles. The average Bonchev–Trinajstić information content (AvgIpc) is 3.65. The number of rotatable bonds is 8. The van der Waals surface area contributed by atoms with Crippen molar-refractivity contribution >= 4 is 29.0 Å². The molecule has 6 heteroatoms. The summed E-state index contributed by atoms with van der Waals surface area (Å²) in [6.07, 6.45) is 2.36. The zero-order valence-electron chi connectivity index (χ0n) is 26.0. The van der Waals surface area contributed by atoms with Gasteiger partial charge in [-0.25, -0.2) is 4.79 Å². The first-order valence-electron chi connectivity index (χ1n) is 15.2. The highest BCUT2D eigenvalue weighted by Gasteiger charge is 2.29. The van der Waals surface area contributed by atoms with Gasteiger partial charge in [0.05, 0.1) is 13.0 Å². The molecule has 0 bridgehead atoms. The number of furan rings is 1. The van der Waals surface area contributed by atoms with Gasteiger partial charge in [0, 0.05) is 42.0 Å². The predicted octanol–water partition coefficient (Wildman–Crippen LogP) is 7.85. The summed E-state index contributed by atoms with van der Waals surface area (Å²) in [4.78, 5) is 24.4. The van der Waals surface area contributed by atoms with Crippen molar-refractivity contribution in [3.8, 4) is 11.8 Å². The number of ether oxygens (including phenoxy) is 3. The van der Waals surface area contributed by atoms with E-state index < -0.39 is 6.10 Å². The van der Waals surface area contributed by atoms with Gasteiger partial charge in [-0.05, 0) is 60.5 Å². The van der Waals surface area contributed by atoms with E-state index in [0.29, 0.717) is 30.8 Å². The van der Waals surface area contributed by atoms with Crippen LogP contribution < -0.4 is 0 Å². The molecule has 6 rings (SSSR count).